The molecule has 2 atom stereocenters. The fourth-order valence-electron chi connectivity index (χ4n) is 2.79. The lowest BCUT2D eigenvalue weighted by molar-refractivity contribution is -0.138. The molecule has 1 aliphatic carbocycles. The number of carbonyl (C=O) groups is 1. The number of ketones is 1. The van der Waals surface area contributed by atoms with Crippen LogP contribution >= 0.6 is 0 Å². The Kier molecular flexibility index (Phi) is 2.81. The fourth-order valence-corrected chi connectivity index (χ4v) is 2.79. The zero-order valence-electron chi connectivity index (χ0n) is 9.76. The van der Waals surface area contributed by atoms with Crippen molar-refractivity contribution < 1.29 is 9.53 Å². The van der Waals surface area contributed by atoms with Crippen LogP contribution in [0.15, 0.2) is 35.9 Å². The van der Waals surface area contributed by atoms with Crippen LogP contribution in [0.1, 0.15) is 18.4 Å². The Balaban J connectivity index is 1.82. The number of fused-ring (bicyclic) bond motifs is 2. The molecular weight excluding hydrogens is 212 g/mol. The Hall–Kier alpha value is -1.41. The van der Waals surface area contributed by atoms with Crippen molar-refractivity contribution in [3.05, 3.63) is 41.5 Å². The van der Waals surface area contributed by atoms with Gasteiger partial charge in [-0.05, 0) is 18.4 Å². The summed E-state index contributed by atoms with van der Waals surface area (Å²) in [6, 6.07) is 10.3. The Morgan fingerprint density at radius 1 is 1.06 bits per heavy atom. The van der Waals surface area contributed by atoms with E-state index in [1.165, 1.54) is 11.1 Å². The third kappa shape index (κ3) is 2.18. The molecule has 0 radical (unpaired) electrons. The van der Waals surface area contributed by atoms with Gasteiger partial charge in [-0.15, -0.1) is 0 Å². The molecule has 1 aliphatic heterocycles. The first-order valence-corrected chi connectivity index (χ1v) is 6.19. The molecule has 0 aromatic heterocycles. The third-order valence-electron chi connectivity index (χ3n) is 3.63. The summed E-state index contributed by atoms with van der Waals surface area (Å²) in [6.07, 6.45) is 3.99. The van der Waals surface area contributed by atoms with Gasteiger partial charge in [0.15, 0.2) is 0 Å². The first-order valence-electron chi connectivity index (χ1n) is 6.19. The van der Waals surface area contributed by atoms with Gasteiger partial charge in [-0.2, -0.15) is 0 Å². The Morgan fingerprint density at radius 3 is 2.35 bits per heavy atom. The van der Waals surface area contributed by atoms with Crippen LogP contribution in [0.5, 0.6) is 0 Å². The van der Waals surface area contributed by atoms with Gasteiger partial charge in [0.1, 0.15) is 5.78 Å². The number of benzene rings is 1. The van der Waals surface area contributed by atoms with Crippen molar-refractivity contribution in [3.63, 3.8) is 0 Å². The molecule has 88 valence electrons. The second kappa shape index (κ2) is 4.46. The maximum atomic E-state index is 11.9. The normalized spacial score (nSPS) is 30.6. The van der Waals surface area contributed by atoms with E-state index in [4.69, 9.17) is 4.74 Å². The Labute approximate surface area is 101 Å². The molecule has 2 heteroatoms. The number of carbonyl (C=O) groups excluding carboxylic acids is 1. The van der Waals surface area contributed by atoms with Gasteiger partial charge in [0, 0.05) is 11.8 Å². The molecule has 2 nitrogen and oxygen atoms in total. The van der Waals surface area contributed by atoms with Crippen LogP contribution in [0.4, 0.5) is 0 Å². The Bertz CT molecular complexity index is 429. The molecule has 2 bridgehead atoms. The number of rotatable bonds is 1. The summed E-state index contributed by atoms with van der Waals surface area (Å²) in [4.78, 5) is 11.9. The van der Waals surface area contributed by atoms with E-state index in [2.05, 4.69) is 18.2 Å². The zero-order chi connectivity index (χ0) is 11.7. The van der Waals surface area contributed by atoms with E-state index in [1.54, 1.807) is 0 Å². The quantitative estimate of drug-likeness (QED) is 0.738. The largest absolute Gasteiger partial charge is 0.380 e. The second-order valence-electron chi connectivity index (χ2n) is 4.96. The van der Waals surface area contributed by atoms with Crippen molar-refractivity contribution >= 4 is 11.9 Å². The molecule has 0 amide bonds. The lowest BCUT2D eigenvalue weighted by atomic mass is 9.76. The highest BCUT2D eigenvalue weighted by Crippen LogP contribution is 2.34. The maximum Gasteiger partial charge on any atom is 0.144 e. The molecule has 0 unspecified atom stereocenters. The van der Waals surface area contributed by atoms with E-state index in [0.717, 1.165) is 12.8 Å². The number of ether oxygens (including phenoxy) is 1. The minimum absolute atomic E-state index is 0.109. The molecule has 2 aliphatic rings. The number of Topliss-reactive ketones (excluding diaryl/α,β-unsaturated/α-hetero) is 1. The minimum atomic E-state index is 0.109. The SMILES string of the molecule is O=C1[C@@H]2COC[C@H]1CC(=Cc1ccccc1)C2. The number of hydrogen-bond acceptors (Lipinski definition) is 2. The average Bonchev–Trinajstić information content (AvgIpc) is 2.32. The van der Waals surface area contributed by atoms with Crippen molar-refractivity contribution in [2.24, 2.45) is 11.8 Å². The highest BCUT2D eigenvalue weighted by atomic mass is 16.5. The second-order valence-corrected chi connectivity index (χ2v) is 4.96. The van der Waals surface area contributed by atoms with Crippen LogP contribution in [0.2, 0.25) is 0 Å². The molecule has 0 spiro atoms. The lowest BCUT2D eigenvalue weighted by Crippen LogP contribution is -2.40. The van der Waals surface area contributed by atoms with Gasteiger partial charge in [-0.25, -0.2) is 0 Å². The molecule has 3 rings (SSSR count). The van der Waals surface area contributed by atoms with Gasteiger partial charge in [-0.1, -0.05) is 42.0 Å². The molecule has 1 saturated heterocycles. The minimum Gasteiger partial charge on any atom is -0.380 e. The van der Waals surface area contributed by atoms with E-state index in [1.807, 2.05) is 18.2 Å². The van der Waals surface area contributed by atoms with Gasteiger partial charge in [0.2, 0.25) is 0 Å². The van der Waals surface area contributed by atoms with Gasteiger partial charge < -0.3 is 4.74 Å². The van der Waals surface area contributed by atoms with Crippen LogP contribution in [-0.4, -0.2) is 19.0 Å². The monoisotopic (exact) mass is 228 g/mol. The van der Waals surface area contributed by atoms with Gasteiger partial charge >= 0.3 is 0 Å². The molecule has 1 saturated carbocycles. The molecule has 1 aromatic carbocycles. The van der Waals surface area contributed by atoms with E-state index in [-0.39, 0.29) is 11.8 Å². The molecule has 1 aromatic rings. The fraction of sp³-hybridized carbons (Fsp3) is 0.400. The Morgan fingerprint density at radius 2 is 1.71 bits per heavy atom. The first-order chi connectivity index (χ1) is 8.33. The standard InChI is InChI=1S/C15H16O2/c16-15-13-7-12(8-14(15)10-17-9-13)6-11-4-2-1-3-5-11/h1-6,13-14H,7-10H2/t13-,14+. The topological polar surface area (TPSA) is 26.3 Å². The number of allylic oxidation sites excluding steroid dienone is 1. The third-order valence-corrected chi connectivity index (χ3v) is 3.63. The molecule has 2 fully saturated rings. The van der Waals surface area contributed by atoms with Crippen molar-refractivity contribution in [1.29, 1.82) is 0 Å². The predicted molar refractivity (Wildman–Crippen MR) is 66.5 cm³/mol. The summed E-state index contributed by atoms with van der Waals surface area (Å²) in [5.41, 5.74) is 2.63. The summed E-state index contributed by atoms with van der Waals surface area (Å²) in [5, 5.41) is 0. The maximum absolute atomic E-state index is 11.9. The van der Waals surface area contributed by atoms with Crippen LogP contribution < -0.4 is 0 Å². The summed E-state index contributed by atoms with van der Waals surface area (Å²) >= 11 is 0. The molecule has 17 heavy (non-hydrogen) atoms. The highest BCUT2D eigenvalue weighted by Gasteiger charge is 2.37. The summed E-state index contributed by atoms with van der Waals surface area (Å²) in [6.45, 7) is 1.23. The summed E-state index contributed by atoms with van der Waals surface area (Å²) < 4.78 is 5.46. The molecular formula is C15H16O2. The molecule has 0 N–H and O–H groups in total. The van der Waals surface area contributed by atoms with Crippen LogP contribution in [-0.2, 0) is 9.53 Å². The summed E-state index contributed by atoms with van der Waals surface area (Å²) in [5.74, 6) is 0.636. The van der Waals surface area contributed by atoms with Crippen LogP contribution in [0, 0.1) is 11.8 Å². The van der Waals surface area contributed by atoms with Crippen molar-refractivity contribution in [1.82, 2.24) is 0 Å². The van der Waals surface area contributed by atoms with E-state index in [9.17, 15) is 4.79 Å². The average molecular weight is 228 g/mol. The van der Waals surface area contributed by atoms with E-state index in [0.29, 0.717) is 19.0 Å². The van der Waals surface area contributed by atoms with Gasteiger partial charge in [-0.3, -0.25) is 4.79 Å². The first kappa shape index (κ1) is 10.7. The smallest absolute Gasteiger partial charge is 0.144 e. The zero-order valence-corrected chi connectivity index (χ0v) is 9.76. The lowest BCUT2D eigenvalue weighted by Gasteiger charge is -2.34. The van der Waals surface area contributed by atoms with Gasteiger partial charge in [0.25, 0.3) is 0 Å². The predicted octanol–water partition coefficient (Wildman–Crippen LogP) is 2.70. The number of hydrogen-bond donors (Lipinski definition) is 0. The van der Waals surface area contributed by atoms with Crippen LogP contribution in [0.25, 0.3) is 6.08 Å². The van der Waals surface area contributed by atoms with Crippen molar-refractivity contribution in [2.75, 3.05) is 13.2 Å². The van der Waals surface area contributed by atoms with Crippen LogP contribution in [0.3, 0.4) is 0 Å². The van der Waals surface area contributed by atoms with Crippen molar-refractivity contribution in [2.45, 2.75) is 12.8 Å². The highest BCUT2D eigenvalue weighted by molar-refractivity contribution is 5.86. The van der Waals surface area contributed by atoms with E-state index >= 15 is 0 Å². The van der Waals surface area contributed by atoms with Crippen molar-refractivity contribution in [3.8, 4) is 0 Å². The molecule has 1 heterocycles. The van der Waals surface area contributed by atoms with E-state index < -0.39 is 0 Å². The van der Waals surface area contributed by atoms with Gasteiger partial charge in [0.05, 0.1) is 13.2 Å². The summed E-state index contributed by atoms with van der Waals surface area (Å²) in [7, 11) is 0.